The summed E-state index contributed by atoms with van der Waals surface area (Å²) in [6.45, 7) is 7.14. The van der Waals surface area contributed by atoms with Crippen molar-refractivity contribution in [3.8, 4) is 12.3 Å². The molecule has 2 nitrogen and oxygen atoms in total. The number of nitrogens with zero attached hydrogens (tertiary/aromatic N) is 1. The lowest BCUT2D eigenvalue weighted by atomic mass is 10.0. The minimum Gasteiger partial charge on any atom is -0.317 e. The first-order valence-corrected chi connectivity index (χ1v) is 7.76. The fourth-order valence-electron chi connectivity index (χ4n) is 2.58. The topological polar surface area (TPSA) is 15.3 Å². The van der Waals surface area contributed by atoms with Crippen LogP contribution in [-0.4, -0.2) is 31.1 Å². The molecule has 1 aliphatic carbocycles. The minimum atomic E-state index is 0.762. The Morgan fingerprint density at radius 2 is 2.05 bits per heavy atom. The van der Waals surface area contributed by atoms with E-state index < -0.39 is 0 Å². The lowest BCUT2D eigenvalue weighted by Gasteiger charge is -2.21. The molecule has 0 aromatic heterocycles. The molecular weight excluding hydrogens is 244 g/mol. The maximum atomic E-state index is 5.51. The van der Waals surface area contributed by atoms with Crippen molar-refractivity contribution >= 4 is 0 Å². The lowest BCUT2D eigenvalue weighted by molar-refractivity contribution is 0.285. The van der Waals surface area contributed by atoms with Gasteiger partial charge in [0.25, 0.3) is 0 Å². The van der Waals surface area contributed by atoms with Crippen LogP contribution in [-0.2, 0) is 13.0 Å². The second-order valence-corrected chi connectivity index (χ2v) is 5.69. The highest BCUT2D eigenvalue weighted by Gasteiger charge is 2.24. The third-order valence-electron chi connectivity index (χ3n) is 3.86. The van der Waals surface area contributed by atoms with E-state index in [0.717, 1.165) is 45.1 Å². The van der Waals surface area contributed by atoms with Gasteiger partial charge in [-0.1, -0.05) is 37.1 Å². The predicted molar refractivity (Wildman–Crippen MR) is 85.5 cm³/mol. The van der Waals surface area contributed by atoms with Crippen LogP contribution >= 0.6 is 0 Å². The zero-order valence-electron chi connectivity index (χ0n) is 12.6. The third-order valence-corrected chi connectivity index (χ3v) is 3.86. The Morgan fingerprint density at radius 1 is 1.30 bits per heavy atom. The zero-order valence-corrected chi connectivity index (χ0v) is 12.6. The van der Waals surface area contributed by atoms with E-state index in [-0.39, 0.29) is 0 Å². The molecule has 20 heavy (non-hydrogen) atoms. The second kappa shape index (κ2) is 8.09. The lowest BCUT2D eigenvalue weighted by Crippen LogP contribution is -2.27. The molecule has 0 radical (unpaired) electrons. The monoisotopic (exact) mass is 270 g/mol. The van der Waals surface area contributed by atoms with Gasteiger partial charge in [-0.2, -0.15) is 0 Å². The van der Waals surface area contributed by atoms with Crippen LogP contribution in [0.2, 0.25) is 0 Å². The van der Waals surface area contributed by atoms with Crippen molar-refractivity contribution in [1.82, 2.24) is 10.2 Å². The summed E-state index contributed by atoms with van der Waals surface area (Å²) < 4.78 is 0. The van der Waals surface area contributed by atoms with E-state index in [4.69, 9.17) is 6.42 Å². The van der Waals surface area contributed by atoms with Crippen molar-refractivity contribution in [2.75, 3.05) is 26.2 Å². The van der Waals surface area contributed by atoms with Gasteiger partial charge in [-0.15, -0.1) is 6.42 Å². The van der Waals surface area contributed by atoms with Crippen molar-refractivity contribution in [3.05, 3.63) is 35.4 Å². The number of benzene rings is 1. The molecule has 0 unspecified atom stereocenters. The molecule has 0 atom stereocenters. The molecular formula is C18H26N2. The molecule has 0 aliphatic heterocycles. The molecule has 2 heteroatoms. The number of likely N-dealkylation sites (N-methyl/N-ethyl adjacent to an activating group) is 1. The number of hydrogen-bond acceptors (Lipinski definition) is 2. The van der Waals surface area contributed by atoms with Gasteiger partial charge >= 0.3 is 0 Å². The summed E-state index contributed by atoms with van der Waals surface area (Å²) in [7, 11) is 0. The van der Waals surface area contributed by atoms with E-state index >= 15 is 0 Å². The second-order valence-electron chi connectivity index (χ2n) is 5.69. The standard InChI is InChI=1S/C18H26N2/c1-3-13-20(14-16-9-10-16)15-18-8-6-5-7-17(18)11-12-19-4-2/h1,5-8,16,19H,4,9-15H2,2H3. The van der Waals surface area contributed by atoms with E-state index in [1.165, 1.54) is 24.0 Å². The molecule has 2 rings (SSSR count). The summed E-state index contributed by atoms with van der Waals surface area (Å²) in [6.07, 6.45) is 9.36. The summed E-state index contributed by atoms with van der Waals surface area (Å²) in [5.74, 6) is 3.69. The Bertz CT molecular complexity index is 443. The molecule has 0 amide bonds. The highest BCUT2D eigenvalue weighted by Crippen LogP contribution is 2.30. The first kappa shape index (κ1) is 15.1. The fraction of sp³-hybridized carbons (Fsp3) is 0.556. The summed E-state index contributed by atoms with van der Waals surface area (Å²) >= 11 is 0. The molecule has 1 saturated carbocycles. The average Bonchev–Trinajstić information content (AvgIpc) is 3.25. The van der Waals surface area contributed by atoms with Crippen LogP contribution in [0, 0.1) is 18.3 Å². The quantitative estimate of drug-likeness (QED) is 0.548. The molecule has 1 aliphatic rings. The molecule has 0 heterocycles. The maximum absolute atomic E-state index is 5.51. The largest absolute Gasteiger partial charge is 0.317 e. The number of nitrogens with one attached hydrogen (secondary N) is 1. The number of hydrogen-bond donors (Lipinski definition) is 1. The van der Waals surface area contributed by atoms with Gasteiger partial charge in [-0.05, 0) is 49.4 Å². The van der Waals surface area contributed by atoms with Crippen LogP contribution < -0.4 is 5.32 Å². The first-order valence-electron chi connectivity index (χ1n) is 7.76. The average molecular weight is 270 g/mol. The van der Waals surface area contributed by atoms with Gasteiger partial charge in [-0.3, -0.25) is 4.90 Å². The third kappa shape index (κ3) is 5.00. The van der Waals surface area contributed by atoms with Crippen LogP contribution in [0.3, 0.4) is 0 Å². The van der Waals surface area contributed by atoms with E-state index in [1.54, 1.807) is 0 Å². The van der Waals surface area contributed by atoms with Crippen molar-refractivity contribution in [1.29, 1.82) is 0 Å². The molecule has 1 fully saturated rings. The summed E-state index contributed by atoms with van der Waals surface area (Å²) in [4.78, 5) is 2.42. The first-order chi connectivity index (χ1) is 9.83. The van der Waals surface area contributed by atoms with Gasteiger partial charge in [0, 0.05) is 13.1 Å². The SMILES string of the molecule is C#CCN(Cc1ccccc1CCNCC)CC1CC1. The number of rotatable bonds is 9. The van der Waals surface area contributed by atoms with Crippen LogP contribution in [0.25, 0.3) is 0 Å². The van der Waals surface area contributed by atoms with Gasteiger partial charge in [0.15, 0.2) is 0 Å². The van der Waals surface area contributed by atoms with Crippen molar-refractivity contribution in [2.45, 2.75) is 32.7 Å². The van der Waals surface area contributed by atoms with Crippen molar-refractivity contribution < 1.29 is 0 Å². The van der Waals surface area contributed by atoms with Gasteiger partial charge in [0.05, 0.1) is 6.54 Å². The maximum Gasteiger partial charge on any atom is 0.0601 e. The molecule has 0 bridgehead atoms. The van der Waals surface area contributed by atoms with Crippen LogP contribution in [0.4, 0.5) is 0 Å². The minimum absolute atomic E-state index is 0.762. The van der Waals surface area contributed by atoms with E-state index in [1.807, 2.05) is 0 Å². The molecule has 1 aromatic carbocycles. The summed E-state index contributed by atoms with van der Waals surface area (Å²) in [5.41, 5.74) is 2.88. The summed E-state index contributed by atoms with van der Waals surface area (Å²) in [5, 5.41) is 3.40. The van der Waals surface area contributed by atoms with Gasteiger partial charge in [-0.25, -0.2) is 0 Å². The molecule has 1 aromatic rings. The van der Waals surface area contributed by atoms with Crippen LogP contribution in [0.5, 0.6) is 0 Å². The highest BCUT2D eigenvalue weighted by atomic mass is 15.1. The Hall–Kier alpha value is -1.30. The van der Waals surface area contributed by atoms with Gasteiger partial charge < -0.3 is 5.32 Å². The van der Waals surface area contributed by atoms with Gasteiger partial charge in [0.1, 0.15) is 0 Å². The van der Waals surface area contributed by atoms with Crippen LogP contribution in [0.15, 0.2) is 24.3 Å². The Labute approximate surface area is 123 Å². The zero-order chi connectivity index (χ0) is 14.2. The Kier molecular flexibility index (Phi) is 6.11. The molecule has 0 spiro atoms. The molecule has 0 saturated heterocycles. The van der Waals surface area contributed by atoms with Crippen LogP contribution in [0.1, 0.15) is 30.9 Å². The van der Waals surface area contributed by atoms with Crippen molar-refractivity contribution in [2.24, 2.45) is 5.92 Å². The highest BCUT2D eigenvalue weighted by molar-refractivity contribution is 5.27. The van der Waals surface area contributed by atoms with E-state index in [2.05, 4.69) is 47.3 Å². The Morgan fingerprint density at radius 3 is 2.70 bits per heavy atom. The number of terminal acetylenes is 1. The Balaban J connectivity index is 1.96. The molecule has 1 N–H and O–H groups in total. The van der Waals surface area contributed by atoms with Crippen molar-refractivity contribution in [3.63, 3.8) is 0 Å². The fourth-order valence-corrected chi connectivity index (χ4v) is 2.58. The smallest absolute Gasteiger partial charge is 0.0601 e. The van der Waals surface area contributed by atoms with Gasteiger partial charge in [0.2, 0.25) is 0 Å². The normalized spacial score (nSPS) is 14.4. The molecule has 108 valence electrons. The van der Waals surface area contributed by atoms with E-state index in [9.17, 15) is 0 Å². The predicted octanol–water partition coefficient (Wildman–Crippen LogP) is 2.68. The summed E-state index contributed by atoms with van der Waals surface area (Å²) in [6, 6.07) is 8.77. The van der Waals surface area contributed by atoms with E-state index in [0.29, 0.717) is 0 Å².